The Morgan fingerprint density at radius 1 is 1.26 bits per heavy atom. The lowest BCUT2D eigenvalue weighted by atomic mass is 10.2. The number of ether oxygens (including phenoxy) is 1. The highest BCUT2D eigenvalue weighted by molar-refractivity contribution is 5.94. The van der Waals surface area contributed by atoms with Crippen LogP contribution in [-0.2, 0) is 6.54 Å². The highest BCUT2D eigenvalue weighted by atomic mass is 19.4. The van der Waals surface area contributed by atoms with E-state index in [1.165, 1.54) is 24.5 Å². The van der Waals surface area contributed by atoms with Crippen molar-refractivity contribution in [1.29, 1.82) is 0 Å². The third-order valence-electron chi connectivity index (χ3n) is 2.51. The number of carbonyl (C=O) groups is 1. The number of rotatable bonds is 5. The summed E-state index contributed by atoms with van der Waals surface area (Å²) in [4.78, 5) is 23.4. The van der Waals surface area contributed by atoms with E-state index in [1.54, 1.807) is 0 Å². The fraction of sp³-hybridized carbons (Fsp3) is 0.231. The van der Waals surface area contributed by atoms with E-state index in [9.17, 15) is 18.0 Å². The SMILES string of the molecule is Nc1ccnc(CNC(=O)c2ccnc(OCC(F)(F)F)c2)n1. The molecule has 0 aliphatic carbocycles. The standard InChI is InChI=1S/C13H12F3N5O2/c14-13(15,16)7-23-11-5-8(1-3-19-11)12(22)20-6-10-18-4-2-9(17)21-10/h1-5H,6-7H2,(H,20,22)(H2,17,18,21). The predicted molar refractivity (Wildman–Crippen MR) is 73.4 cm³/mol. The van der Waals surface area contributed by atoms with Gasteiger partial charge in [-0.2, -0.15) is 13.2 Å². The molecule has 2 aromatic rings. The van der Waals surface area contributed by atoms with Crippen molar-refractivity contribution in [1.82, 2.24) is 20.3 Å². The molecule has 0 atom stereocenters. The maximum Gasteiger partial charge on any atom is 0.422 e. The van der Waals surface area contributed by atoms with Gasteiger partial charge in [-0.15, -0.1) is 0 Å². The quantitative estimate of drug-likeness (QED) is 0.859. The Kier molecular flexibility index (Phi) is 4.94. The van der Waals surface area contributed by atoms with Gasteiger partial charge in [-0.05, 0) is 12.1 Å². The van der Waals surface area contributed by atoms with Crippen LogP contribution in [0.25, 0.3) is 0 Å². The maximum atomic E-state index is 12.1. The van der Waals surface area contributed by atoms with Crippen molar-refractivity contribution in [2.45, 2.75) is 12.7 Å². The van der Waals surface area contributed by atoms with Crippen molar-refractivity contribution in [3.63, 3.8) is 0 Å². The third-order valence-corrected chi connectivity index (χ3v) is 2.51. The molecular weight excluding hydrogens is 315 g/mol. The summed E-state index contributed by atoms with van der Waals surface area (Å²) in [6, 6.07) is 3.95. The molecule has 0 radical (unpaired) electrons. The van der Waals surface area contributed by atoms with Crippen LogP contribution in [0.3, 0.4) is 0 Å². The molecule has 0 saturated heterocycles. The predicted octanol–water partition coefficient (Wildman–Crippen LogP) is 1.32. The van der Waals surface area contributed by atoms with E-state index < -0.39 is 18.7 Å². The number of aromatic nitrogens is 3. The number of nitrogen functional groups attached to an aromatic ring is 1. The van der Waals surface area contributed by atoms with E-state index in [-0.39, 0.29) is 23.8 Å². The number of nitrogens with zero attached hydrogens (tertiary/aromatic N) is 3. The van der Waals surface area contributed by atoms with Crippen LogP contribution in [0.2, 0.25) is 0 Å². The maximum absolute atomic E-state index is 12.1. The molecule has 0 saturated carbocycles. The number of nitrogens with one attached hydrogen (secondary N) is 1. The first-order chi connectivity index (χ1) is 10.8. The lowest BCUT2D eigenvalue weighted by molar-refractivity contribution is -0.154. The van der Waals surface area contributed by atoms with Crippen LogP contribution in [0, 0.1) is 0 Å². The average molecular weight is 327 g/mol. The summed E-state index contributed by atoms with van der Waals surface area (Å²) in [5.74, 6) is -0.262. The lowest BCUT2D eigenvalue weighted by Crippen LogP contribution is -2.24. The smallest absolute Gasteiger partial charge is 0.422 e. The molecule has 10 heteroatoms. The van der Waals surface area contributed by atoms with E-state index in [1.807, 2.05) is 0 Å². The zero-order chi connectivity index (χ0) is 16.9. The molecule has 7 nitrogen and oxygen atoms in total. The van der Waals surface area contributed by atoms with Gasteiger partial charge in [-0.3, -0.25) is 4.79 Å². The average Bonchev–Trinajstić information content (AvgIpc) is 2.50. The number of carbonyl (C=O) groups excluding carboxylic acids is 1. The van der Waals surface area contributed by atoms with Gasteiger partial charge in [0.2, 0.25) is 5.88 Å². The van der Waals surface area contributed by atoms with Crippen molar-refractivity contribution in [2.75, 3.05) is 12.3 Å². The molecule has 2 heterocycles. The van der Waals surface area contributed by atoms with Crippen LogP contribution in [0.4, 0.5) is 19.0 Å². The number of hydrogen-bond donors (Lipinski definition) is 2. The van der Waals surface area contributed by atoms with Crippen LogP contribution in [0.15, 0.2) is 30.6 Å². The van der Waals surface area contributed by atoms with Gasteiger partial charge in [0, 0.05) is 24.0 Å². The van der Waals surface area contributed by atoms with Crippen molar-refractivity contribution < 1.29 is 22.7 Å². The summed E-state index contributed by atoms with van der Waals surface area (Å²) < 4.78 is 40.7. The molecule has 0 bridgehead atoms. The molecule has 2 aromatic heterocycles. The van der Waals surface area contributed by atoms with Gasteiger partial charge in [0.05, 0.1) is 6.54 Å². The zero-order valence-corrected chi connectivity index (χ0v) is 11.7. The summed E-state index contributed by atoms with van der Waals surface area (Å²) in [5, 5.41) is 2.52. The van der Waals surface area contributed by atoms with Crippen LogP contribution < -0.4 is 15.8 Å². The number of amides is 1. The summed E-state index contributed by atoms with van der Waals surface area (Å²) in [7, 11) is 0. The van der Waals surface area contributed by atoms with E-state index in [4.69, 9.17) is 5.73 Å². The van der Waals surface area contributed by atoms with Gasteiger partial charge in [-0.25, -0.2) is 15.0 Å². The monoisotopic (exact) mass is 327 g/mol. The summed E-state index contributed by atoms with van der Waals surface area (Å²) in [5.41, 5.74) is 5.58. The Bertz CT molecular complexity index is 693. The van der Waals surface area contributed by atoms with Crippen molar-refractivity contribution in [3.05, 3.63) is 42.0 Å². The molecule has 2 rings (SSSR count). The second-order valence-electron chi connectivity index (χ2n) is 4.37. The molecule has 23 heavy (non-hydrogen) atoms. The van der Waals surface area contributed by atoms with Gasteiger partial charge in [-0.1, -0.05) is 0 Å². The summed E-state index contributed by atoms with van der Waals surface area (Å²) in [6.07, 6.45) is -1.86. The molecule has 0 aromatic carbocycles. The van der Waals surface area contributed by atoms with E-state index in [0.717, 1.165) is 6.07 Å². The number of anilines is 1. The molecule has 0 unspecified atom stereocenters. The second kappa shape index (κ2) is 6.90. The molecule has 0 fully saturated rings. The normalized spacial score (nSPS) is 11.1. The van der Waals surface area contributed by atoms with Crippen LogP contribution in [0.5, 0.6) is 5.88 Å². The largest absolute Gasteiger partial charge is 0.468 e. The van der Waals surface area contributed by atoms with Gasteiger partial charge < -0.3 is 15.8 Å². The van der Waals surface area contributed by atoms with Gasteiger partial charge >= 0.3 is 6.18 Å². The molecule has 0 spiro atoms. The number of pyridine rings is 1. The van der Waals surface area contributed by atoms with Crippen LogP contribution in [-0.4, -0.2) is 33.6 Å². The number of alkyl halides is 3. The highest BCUT2D eigenvalue weighted by Gasteiger charge is 2.28. The Hall–Kier alpha value is -2.91. The van der Waals surface area contributed by atoms with Gasteiger partial charge in [0.15, 0.2) is 6.61 Å². The molecule has 0 aliphatic rings. The van der Waals surface area contributed by atoms with Gasteiger partial charge in [0.1, 0.15) is 11.6 Å². The number of hydrogen-bond acceptors (Lipinski definition) is 6. The van der Waals surface area contributed by atoms with Crippen LogP contribution in [0.1, 0.15) is 16.2 Å². The minimum Gasteiger partial charge on any atom is -0.468 e. The third kappa shape index (κ3) is 5.41. The molecule has 0 aliphatic heterocycles. The molecular formula is C13H12F3N5O2. The fourth-order valence-corrected chi connectivity index (χ4v) is 1.55. The number of nitrogens with two attached hydrogens (primary N) is 1. The Morgan fingerprint density at radius 3 is 2.70 bits per heavy atom. The zero-order valence-electron chi connectivity index (χ0n) is 11.7. The molecule has 122 valence electrons. The Morgan fingerprint density at radius 2 is 2.00 bits per heavy atom. The minimum atomic E-state index is -4.48. The van der Waals surface area contributed by atoms with Crippen molar-refractivity contribution in [3.8, 4) is 5.88 Å². The topological polar surface area (TPSA) is 103 Å². The highest BCUT2D eigenvalue weighted by Crippen LogP contribution is 2.17. The van der Waals surface area contributed by atoms with E-state index in [2.05, 4.69) is 25.0 Å². The fourth-order valence-electron chi connectivity index (χ4n) is 1.55. The first kappa shape index (κ1) is 16.5. The Labute approximate surface area is 128 Å². The summed E-state index contributed by atoms with van der Waals surface area (Å²) >= 11 is 0. The first-order valence-corrected chi connectivity index (χ1v) is 6.35. The van der Waals surface area contributed by atoms with Crippen LogP contribution >= 0.6 is 0 Å². The molecule has 3 N–H and O–H groups in total. The lowest BCUT2D eigenvalue weighted by Gasteiger charge is -2.09. The second-order valence-corrected chi connectivity index (χ2v) is 4.37. The summed E-state index contributed by atoms with van der Waals surface area (Å²) in [6.45, 7) is -1.47. The Balaban J connectivity index is 1.96. The van der Waals surface area contributed by atoms with E-state index in [0.29, 0.717) is 5.82 Å². The van der Waals surface area contributed by atoms with E-state index >= 15 is 0 Å². The first-order valence-electron chi connectivity index (χ1n) is 6.35. The van der Waals surface area contributed by atoms with Crippen molar-refractivity contribution in [2.24, 2.45) is 0 Å². The minimum absolute atomic E-state index is 0.0188. The van der Waals surface area contributed by atoms with Crippen molar-refractivity contribution >= 4 is 11.7 Å². The van der Waals surface area contributed by atoms with Gasteiger partial charge in [0.25, 0.3) is 5.91 Å². The molecule has 1 amide bonds. The number of halogens is 3.